The summed E-state index contributed by atoms with van der Waals surface area (Å²) >= 11 is 1.60. The largest absolute Gasteiger partial charge is 0.449 e. The summed E-state index contributed by atoms with van der Waals surface area (Å²) in [6.45, 7) is 1.60. The highest BCUT2D eigenvalue weighted by molar-refractivity contribution is 7.38. The van der Waals surface area contributed by atoms with Gasteiger partial charge in [0.25, 0.3) is 5.91 Å². The molecule has 8 nitrogen and oxygen atoms in total. The summed E-state index contributed by atoms with van der Waals surface area (Å²) in [6.07, 6.45) is -0.678. The van der Waals surface area contributed by atoms with Gasteiger partial charge < -0.3 is 26.0 Å². The average molecular weight is 473 g/mol. The average Bonchev–Trinajstić information content (AvgIpc) is 3.32. The van der Waals surface area contributed by atoms with Crippen LogP contribution in [0, 0.1) is 0 Å². The molecule has 0 aliphatic heterocycles. The highest BCUT2D eigenvalue weighted by Gasteiger charge is 2.12. The molecule has 3 rings (SSSR count). The highest BCUT2D eigenvalue weighted by Crippen LogP contribution is 2.30. The van der Waals surface area contributed by atoms with Crippen molar-refractivity contribution in [2.45, 2.75) is 19.1 Å². The molecular weight excluding hydrogens is 449 g/mol. The standard InChI is InChI=1S/C22H24N3O5PS/c1-14(31(28)29)13-30-22(27)24-12-15-4-6-16(7-5-15)21(26)25-19-11-17(8-9-18(19)23)20-3-2-10-32-20/h2-11,14,31H,12-13,23H2,1H3,(H,24,27)(H,25,26)(H,28,29). The van der Waals surface area contributed by atoms with Crippen LogP contribution in [0.4, 0.5) is 16.2 Å². The highest BCUT2D eigenvalue weighted by atomic mass is 32.1. The molecule has 5 N–H and O–H groups in total. The number of nitrogens with one attached hydrogen (secondary N) is 2. The molecular formula is C22H24N3O5PS. The van der Waals surface area contributed by atoms with Crippen molar-refractivity contribution in [2.24, 2.45) is 0 Å². The van der Waals surface area contributed by atoms with Crippen molar-refractivity contribution in [3.8, 4) is 10.4 Å². The molecule has 0 radical (unpaired) electrons. The molecule has 1 aromatic heterocycles. The van der Waals surface area contributed by atoms with Crippen LogP contribution in [0.3, 0.4) is 0 Å². The van der Waals surface area contributed by atoms with E-state index in [1.807, 2.05) is 29.6 Å². The number of carbonyl (C=O) groups excluding carboxylic acids is 2. The molecule has 1 heterocycles. The zero-order chi connectivity index (χ0) is 23.1. The van der Waals surface area contributed by atoms with Gasteiger partial charge in [-0.05, 0) is 46.8 Å². The number of carbonyl (C=O) groups is 2. The SMILES string of the molecule is CC(COC(=O)NCc1ccc(C(=O)Nc2cc(-c3cccs3)ccc2N)cc1)[PH](=O)O. The molecule has 2 unspecified atom stereocenters. The topological polar surface area (TPSA) is 131 Å². The van der Waals surface area contributed by atoms with Gasteiger partial charge >= 0.3 is 6.09 Å². The van der Waals surface area contributed by atoms with Gasteiger partial charge in [-0.15, -0.1) is 11.3 Å². The first-order chi connectivity index (χ1) is 15.3. The number of thiophene rings is 1. The van der Waals surface area contributed by atoms with Gasteiger partial charge in [0.1, 0.15) is 6.61 Å². The molecule has 168 valence electrons. The van der Waals surface area contributed by atoms with Crippen molar-refractivity contribution in [2.75, 3.05) is 17.7 Å². The number of nitrogen functional groups attached to an aromatic ring is 1. The fourth-order valence-corrected chi connectivity index (χ4v) is 3.68. The van der Waals surface area contributed by atoms with Gasteiger partial charge in [0.05, 0.1) is 17.0 Å². The van der Waals surface area contributed by atoms with Crippen molar-refractivity contribution < 1.29 is 23.8 Å². The number of anilines is 2. The van der Waals surface area contributed by atoms with E-state index in [-0.39, 0.29) is 19.1 Å². The fraction of sp³-hybridized carbons (Fsp3) is 0.182. The Morgan fingerprint density at radius 2 is 1.94 bits per heavy atom. The first kappa shape index (κ1) is 23.5. The molecule has 0 saturated heterocycles. The minimum absolute atomic E-state index is 0.129. The van der Waals surface area contributed by atoms with Crippen molar-refractivity contribution in [1.29, 1.82) is 0 Å². The van der Waals surface area contributed by atoms with Crippen molar-refractivity contribution in [3.63, 3.8) is 0 Å². The summed E-state index contributed by atoms with van der Waals surface area (Å²) in [6, 6.07) is 16.2. The monoisotopic (exact) mass is 473 g/mol. The van der Waals surface area contributed by atoms with E-state index in [1.54, 1.807) is 41.7 Å². The third kappa shape index (κ3) is 6.43. The lowest BCUT2D eigenvalue weighted by Crippen LogP contribution is -2.26. The second-order valence-corrected chi connectivity index (χ2v) is 9.73. The summed E-state index contributed by atoms with van der Waals surface area (Å²) in [5, 5.41) is 7.39. The maximum Gasteiger partial charge on any atom is 0.407 e. The number of hydrogen-bond acceptors (Lipinski definition) is 6. The molecule has 0 bridgehead atoms. The molecule has 0 saturated carbocycles. The van der Waals surface area contributed by atoms with E-state index in [4.69, 9.17) is 15.4 Å². The molecule has 2 atom stereocenters. The molecule has 0 aliphatic rings. The van der Waals surface area contributed by atoms with E-state index in [9.17, 15) is 14.2 Å². The predicted octanol–water partition coefficient (Wildman–Crippen LogP) is 4.33. The number of rotatable bonds is 8. The first-order valence-electron chi connectivity index (χ1n) is 9.80. The molecule has 0 fully saturated rings. The quantitative estimate of drug-likeness (QED) is 0.285. The number of amides is 2. The van der Waals surface area contributed by atoms with Gasteiger partial charge in [-0.1, -0.05) is 31.2 Å². The Labute approximate surface area is 190 Å². The Bertz CT molecular complexity index is 1100. The van der Waals surface area contributed by atoms with Crippen LogP contribution < -0.4 is 16.4 Å². The Kier molecular flexibility index (Phi) is 8.05. The number of hydrogen-bond donors (Lipinski definition) is 4. The van der Waals surface area contributed by atoms with Gasteiger partial charge in [0.2, 0.25) is 0 Å². The van der Waals surface area contributed by atoms with Crippen molar-refractivity contribution in [3.05, 3.63) is 71.1 Å². The molecule has 0 spiro atoms. The minimum Gasteiger partial charge on any atom is -0.449 e. The molecule has 32 heavy (non-hydrogen) atoms. The van der Waals surface area contributed by atoms with Gasteiger partial charge in [-0.25, -0.2) is 4.79 Å². The van der Waals surface area contributed by atoms with E-state index in [2.05, 4.69) is 10.6 Å². The van der Waals surface area contributed by atoms with Crippen LogP contribution in [0.15, 0.2) is 60.0 Å². The fourth-order valence-electron chi connectivity index (χ4n) is 2.73. The van der Waals surface area contributed by atoms with Gasteiger partial charge in [0.15, 0.2) is 8.03 Å². The second-order valence-electron chi connectivity index (χ2n) is 7.12. The first-order valence-corrected chi connectivity index (χ1v) is 12.1. The summed E-state index contributed by atoms with van der Waals surface area (Å²) in [5.74, 6) is -0.299. The normalized spacial score (nSPS) is 12.6. The van der Waals surface area contributed by atoms with E-state index >= 15 is 0 Å². The minimum atomic E-state index is -2.73. The summed E-state index contributed by atoms with van der Waals surface area (Å²) in [5.41, 5.74) is 8.62. The lowest BCUT2D eigenvalue weighted by molar-refractivity contribution is 0.102. The third-order valence-corrected chi connectivity index (χ3v) is 6.57. The molecule has 10 heteroatoms. The molecule has 3 aromatic rings. The van der Waals surface area contributed by atoms with Gasteiger partial charge in [0, 0.05) is 17.0 Å². The van der Waals surface area contributed by atoms with E-state index in [0.29, 0.717) is 16.9 Å². The van der Waals surface area contributed by atoms with Crippen LogP contribution in [-0.4, -0.2) is 29.2 Å². The van der Waals surface area contributed by atoms with Crippen molar-refractivity contribution >= 4 is 42.7 Å². The predicted molar refractivity (Wildman–Crippen MR) is 127 cm³/mol. The number of ether oxygens (including phenoxy) is 1. The van der Waals surface area contributed by atoms with Crippen LogP contribution in [0.5, 0.6) is 0 Å². The maximum absolute atomic E-state index is 12.6. The molecule has 2 aromatic carbocycles. The smallest absolute Gasteiger partial charge is 0.407 e. The number of nitrogens with two attached hydrogens (primary N) is 1. The lowest BCUT2D eigenvalue weighted by atomic mass is 10.1. The van der Waals surface area contributed by atoms with E-state index in [1.165, 1.54) is 6.92 Å². The number of alkyl carbamates (subject to hydrolysis) is 1. The van der Waals surface area contributed by atoms with Crippen LogP contribution in [-0.2, 0) is 15.8 Å². The van der Waals surface area contributed by atoms with Crippen LogP contribution in [0.2, 0.25) is 0 Å². The van der Waals surface area contributed by atoms with E-state index in [0.717, 1.165) is 16.0 Å². The number of benzene rings is 2. The Morgan fingerprint density at radius 3 is 2.59 bits per heavy atom. The Hall–Kier alpha value is -3.13. The van der Waals surface area contributed by atoms with E-state index < -0.39 is 19.8 Å². The van der Waals surface area contributed by atoms with Gasteiger partial charge in [-0.2, -0.15) is 0 Å². The maximum atomic E-state index is 12.6. The molecule has 2 amide bonds. The second kappa shape index (κ2) is 10.9. The van der Waals surface area contributed by atoms with Crippen LogP contribution in [0.25, 0.3) is 10.4 Å². The Balaban J connectivity index is 1.56. The summed E-state index contributed by atoms with van der Waals surface area (Å²) in [7, 11) is -2.73. The van der Waals surface area contributed by atoms with Crippen molar-refractivity contribution in [1.82, 2.24) is 5.32 Å². The third-order valence-electron chi connectivity index (χ3n) is 4.65. The summed E-state index contributed by atoms with van der Waals surface area (Å²) in [4.78, 5) is 34.4. The van der Waals surface area contributed by atoms with Crippen LogP contribution in [0.1, 0.15) is 22.8 Å². The molecule has 0 aliphatic carbocycles. The summed E-state index contributed by atoms with van der Waals surface area (Å²) < 4.78 is 15.8. The zero-order valence-electron chi connectivity index (χ0n) is 17.3. The Morgan fingerprint density at radius 1 is 1.19 bits per heavy atom. The van der Waals surface area contributed by atoms with Crippen LogP contribution >= 0.6 is 19.4 Å². The lowest BCUT2D eigenvalue weighted by Gasteiger charge is -2.11. The van der Waals surface area contributed by atoms with Gasteiger partial charge in [-0.3, -0.25) is 9.36 Å². The zero-order valence-corrected chi connectivity index (χ0v) is 19.1.